The van der Waals surface area contributed by atoms with Crippen LogP contribution in [0.25, 0.3) is 0 Å². The first kappa shape index (κ1) is 18.9. The summed E-state index contributed by atoms with van der Waals surface area (Å²) >= 11 is 5.97. The maximum absolute atomic E-state index is 12.6. The molecule has 0 bridgehead atoms. The van der Waals surface area contributed by atoms with Crippen molar-refractivity contribution >= 4 is 33.3 Å². The van der Waals surface area contributed by atoms with E-state index in [1.165, 1.54) is 57.5 Å². The molecule has 7 nitrogen and oxygen atoms in total. The minimum Gasteiger partial charge on any atom is -0.495 e. The number of benzene rings is 2. The fraction of sp³-hybridized carbons (Fsp3) is 0.188. The van der Waals surface area contributed by atoms with Gasteiger partial charge in [0.05, 0.1) is 19.2 Å². The Morgan fingerprint density at radius 1 is 1.04 bits per heavy atom. The predicted octanol–water partition coefficient (Wildman–Crippen LogP) is 3.08. The number of nitrogens with one attached hydrogen (secondary N) is 1. The molecule has 9 heteroatoms. The molecule has 0 saturated heterocycles. The second-order valence-electron chi connectivity index (χ2n) is 4.88. The minimum atomic E-state index is -4.19. The molecule has 0 unspecified atom stereocenters. The van der Waals surface area contributed by atoms with Crippen LogP contribution in [0.3, 0.4) is 0 Å². The van der Waals surface area contributed by atoms with Crippen LogP contribution in [0.4, 0.5) is 5.69 Å². The number of halogens is 1. The molecule has 0 aliphatic rings. The summed E-state index contributed by atoms with van der Waals surface area (Å²) < 4.78 is 40.3. The average molecular weight is 386 g/mol. The third-order valence-electron chi connectivity index (χ3n) is 3.09. The van der Waals surface area contributed by atoms with Crippen molar-refractivity contribution in [3.8, 4) is 17.2 Å². The Morgan fingerprint density at radius 2 is 1.64 bits per heavy atom. The molecule has 2 rings (SSSR count). The Balaban J connectivity index is 2.34. The summed E-state index contributed by atoms with van der Waals surface area (Å²) in [5.74, 6) is 0.0377. The Bertz CT molecular complexity index is 880. The fourth-order valence-corrected chi connectivity index (χ4v) is 3.32. The van der Waals surface area contributed by atoms with Crippen LogP contribution < -0.4 is 19.0 Å². The van der Waals surface area contributed by atoms with Crippen molar-refractivity contribution < 1.29 is 26.9 Å². The number of amides is 1. The van der Waals surface area contributed by atoms with Crippen molar-refractivity contribution in [3.63, 3.8) is 0 Å². The van der Waals surface area contributed by atoms with Crippen LogP contribution in [0, 0.1) is 0 Å². The van der Waals surface area contributed by atoms with E-state index in [9.17, 15) is 13.2 Å². The van der Waals surface area contributed by atoms with Gasteiger partial charge in [-0.05, 0) is 24.3 Å². The van der Waals surface area contributed by atoms with Crippen LogP contribution in [0.15, 0.2) is 41.3 Å². The zero-order chi connectivity index (χ0) is 18.6. The monoisotopic (exact) mass is 385 g/mol. The maximum atomic E-state index is 12.6. The highest BCUT2D eigenvalue weighted by Crippen LogP contribution is 2.36. The lowest BCUT2D eigenvalue weighted by Gasteiger charge is -2.13. The largest absolute Gasteiger partial charge is 0.495 e. The minimum absolute atomic E-state index is 0.0284. The smallest absolute Gasteiger partial charge is 0.343 e. The number of hydrogen-bond acceptors (Lipinski definition) is 6. The lowest BCUT2D eigenvalue weighted by Crippen LogP contribution is -2.12. The summed E-state index contributed by atoms with van der Waals surface area (Å²) in [6.45, 7) is 1.37. The molecule has 1 N–H and O–H groups in total. The average Bonchev–Trinajstić information content (AvgIpc) is 2.55. The highest BCUT2D eigenvalue weighted by atomic mass is 35.5. The van der Waals surface area contributed by atoms with Crippen LogP contribution in [0.5, 0.6) is 17.2 Å². The lowest BCUT2D eigenvalue weighted by atomic mass is 10.3. The van der Waals surface area contributed by atoms with Gasteiger partial charge in [-0.1, -0.05) is 11.6 Å². The van der Waals surface area contributed by atoms with Crippen molar-refractivity contribution in [1.82, 2.24) is 0 Å². The van der Waals surface area contributed by atoms with Crippen molar-refractivity contribution in [2.24, 2.45) is 0 Å². The molecule has 1 amide bonds. The molecule has 0 fully saturated rings. The molecule has 0 heterocycles. The van der Waals surface area contributed by atoms with E-state index < -0.39 is 10.1 Å². The van der Waals surface area contributed by atoms with Crippen LogP contribution in [0.1, 0.15) is 6.92 Å². The number of methoxy groups -OCH3 is 2. The SMILES string of the molecule is COc1cc(S(=O)(=O)Oc2ccc(NC(C)=O)cc2)c(OC)cc1Cl. The first-order chi connectivity index (χ1) is 11.8. The van der Waals surface area contributed by atoms with Crippen molar-refractivity contribution in [2.75, 3.05) is 19.5 Å². The van der Waals surface area contributed by atoms with E-state index in [4.69, 9.17) is 25.3 Å². The number of hydrogen-bond donors (Lipinski definition) is 1. The molecule has 0 spiro atoms. The van der Waals surface area contributed by atoms with Crippen LogP contribution in [-0.4, -0.2) is 28.5 Å². The fourth-order valence-electron chi connectivity index (χ4n) is 2.00. The van der Waals surface area contributed by atoms with E-state index >= 15 is 0 Å². The number of carbonyl (C=O) groups is 1. The zero-order valence-electron chi connectivity index (χ0n) is 13.7. The van der Waals surface area contributed by atoms with Crippen molar-refractivity contribution in [2.45, 2.75) is 11.8 Å². The molecule has 25 heavy (non-hydrogen) atoms. The van der Waals surface area contributed by atoms with Crippen LogP contribution in [0.2, 0.25) is 5.02 Å². The summed E-state index contributed by atoms with van der Waals surface area (Å²) in [4.78, 5) is 10.8. The number of anilines is 1. The van der Waals surface area contributed by atoms with Crippen LogP contribution in [-0.2, 0) is 14.9 Å². The van der Waals surface area contributed by atoms with Gasteiger partial charge in [0.25, 0.3) is 0 Å². The van der Waals surface area contributed by atoms with E-state index in [2.05, 4.69) is 5.32 Å². The summed E-state index contributed by atoms with van der Waals surface area (Å²) in [5.41, 5.74) is 0.517. The molecular weight excluding hydrogens is 370 g/mol. The van der Waals surface area contributed by atoms with Gasteiger partial charge in [0, 0.05) is 24.7 Å². The zero-order valence-corrected chi connectivity index (χ0v) is 15.3. The standard InChI is InChI=1S/C16H16ClNO6S/c1-10(19)18-11-4-6-12(7-5-11)24-25(20,21)16-9-14(22-2)13(17)8-15(16)23-3/h4-9H,1-3H3,(H,18,19). The lowest BCUT2D eigenvalue weighted by molar-refractivity contribution is -0.114. The second-order valence-corrected chi connectivity index (χ2v) is 6.80. The maximum Gasteiger partial charge on any atom is 0.343 e. The number of ether oxygens (including phenoxy) is 2. The molecule has 0 atom stereocenters. The Hall–Kier alpha value is -2.45. The third-order valence-corrected chi connectivity index (χ3v) is 4.65. The Morgan fingerprint density at radius 3 is 2.16 bits per heavy atom. The molecule has 0 aliphatic carbocycles. The van der Waals surface area contributed by atoms with Crippen molar-refractivity contribution in [1.29, 1.82) is 0 Å². The first-order valence-corrected chi connectivity index (χ1v) is 8.79. The molecule has 2 aromatic rings. The molecule has 0 aromatic heterocycles. The van der Waals surface area contributed by atoms with Gasteiger partial charge in [-0.15, -0.1) is 0 Å². The quantitative estimate of drug-likeness (QED) is 0.768. The molecule has 0 saturated carbocycles. The molecule has 0 radical (unpaired) electrons. The number of rotatable bonds is 6. The highest BCUT2D eigenvalue weighted by molar-refractivity contribution is 7.87. The van der Waals surface area contributed by atoms with Gasteiger partial charge >= 0.3 is 10.1 Å². The highest BCUT2D eigenvalue weighted by Gasteiger charge is 2.24. The normalized spacial score (nSPS) is 10.9. The predicted molar refractivity (Wildman–Crippen MR) is 93.1 cm³/mol. The van der Waals surface area contributed by atoms with E-state index in [1.54, 1.807) is 0 Å². The van der Waals surface area contributed by atoms with E-state index in [0.717, 1.165) is 0 Å². The van der Waals surface area contributed by atoms with Gasteiger partial charge in [-0.25, -0.2) is 0 Å². The molecule has 0 aliphatic heterocycles. The Labute approximate surface area is 150 Å². The van der Waals surface area contributed by atoms with E-state index in [0.29, 0.717) is 5.69 Å². The van der Waals surface area contributed by atoms with Gasteiger partial charge < -0.3 is 19.0 Å². The van der Waals surface area contributed by atoms with Gasteiger partial charge in [0.15, 0.2) is 4.90 Å². The van der Waals surface area contributed by atoms with Gasteiger partial charge in [-0.3, -0.25) is 4.79 Å². The molecular formula is C16H16ClNO6S. The summed E-state index contributed by atoms with van der Waals surface area (Å²) in [6.07, 6.45) is 0. The van der Waals surface area contributed by atoms with E-state index in [-0.39, 0.29) is 33.1 Å². The summed E-state index contributed by atoms with van der Waals surface area (Å²) in [6, 6.07) is 8.43. The van der Waals surface area contributed by atoms with Crippen molar-refractivity contribution in [3.05, 3.63) is 41.4 Å². The molecule has 2 aromatic carbocycles. The first-order valence-electron chi connectivity index (χ1n) is 7.00. The summed E-state index contributed by atoms with van der Waals surface area (Å²) in [5, 5.41) is 2.78. The third kappa shape index (κ3) is 4.55. The second kappa shape index (κ2) is 7.62. The van der Waals surface area contributed by atoms with Gasteiger partial charge in [-0.2, -0.15) is 8.42 Å². The number of carbonyl (C=O) groups excluding carboxylic acids is 1. The van der Waals surface area contributed by atoms with Crippen LogP contribution >= 0.6 is 11.6 Å². The van der Waals surface area contributed by atoms with Gasteiger partial charge in [0.1, 0.15) is 17.2 Å². The Kier molecular flexibility index (Phi) is 5.76. The topological polar surface area (TPSA) is 90.9 Å². The van der Waals surface area contributed by atoms with Gasteiger partial charge in [0.2, 0.25) is 5.91 Å². The summed E-state index contributed by atoms with van der Waals surface area (Å²) in [7, 11) is -1.51. The van der Waals surface area contributed by atoms with E-state index in [1.807, 2.05) is 0 Å². The molecule has 134 valence electrons.